The van der Waals surface area contributed by atoms with Crippen LogP contribution in [-0.2, 0) is 0 Å². The Hall–Kier alpha value is -2.38. The molecule has 0 aromatic carbocycles. The van der Waals surface area contributed by atoms with E-state index in [2.05, 4.69) is 20.4 Å². The highest BCUT2D eigenvalue weighted by Gasteiger charge is 1.95. The molecule has 4 N–H and O–H groups in total. The average Bonchev–Trinajstić information content (AvgIpc) is 2.72. The van der Waals surface area contributed by atoms with Gasteiger partial charge in [0.15, 0.2) is 11.6 Å². The summed E-state index contributed by atoms with van der Waals surface area (Å²) in [5.41, 5.74) is 0. The quantitative estimate of drug-likeness (QED) is 0.511. The van der Waals surface area contributed by atoms with Crippen molar-refractivity contribution in [2.75, 3.05) is 11.7 Å². The van der Waals surface area contributed by atoms with Crippen LogP contribution in [0, 0.1) is 0 Å². The van der Waals surface area contributed by atoms with Gasteiger partial charge in [0.25, 0.3) is 0 Å². The molecule has 0 amide bonds. The third kappa shape index (κ3) is 1.68. The molecule has 0 fully saturated rings. The molecule has 0 spiro atoms. The Morgan fingerprint density at radius 2 is 1.36 bits per heavy atom. The average molecular weight is 192 g/mol. The Balaban J connectivity index is 2.14. The lowest BCUT2D eigenvalue weighted by Crippen LogP contribution is -2.07. The summed E-state index contributed by atoms with van der Waals surface area (Å²) in [5.74, 6) is 11.5. The molecule has 2 rings (SSSR count). The van der Waals surface area contributed by atoms with Crippen molar-refractivity contribution in [1.82, 2.24) is 19.8 Å². The van der Waals surface area contributed by atoms with Crippen molar-refractivity contribution in [3.63, 3.8) is 0 Å². The molecule has 2 heterocycles. The summed E-state index contributed by atoms with van der Waals surface area (Å²) < 4.78 is 0. The maximum Gasteiger partial charge on any atom is 0.197 e. The van der Waals surface area contributed by atoms with Gasteiger partial charge in [-0.25, -0.2) is 0 Å². The van der Waals surface area contributed by atoms with Crippen LogP contribution in [0.15, 0.2) is 34.8 Å². The molecule has 0 radical (unpaired) electrons. The van der Waals surface area contributed by atoms with E-state index < -0.39 is 0 Å². The van der Waals surface area contributed by atoms with E-state index in [0.29, 0.717) is 11.6 Å². The maximum atomic E-state index is 5.32. The van der Waals surface area contributed by atoms with Crippen LogP contribution >= 0.6 is 0 Å². The summed E-state index contributed by atoms with van der Waals surface area (Å²) in [4.78, 5) is 2.30. The molecule has 0 saturated carbocycles. The number of rotatable bonds is 2. The smallest absolute Gasteiger partial charge is 0.197 e. The molecule has 0 bridgehead atoms. The molecule has 0 saturated heterocycles. The summed E-state index contributed by atoms with van der Waals surface area (Å²) in [6.07, 6.45) is 3.13. The summed E-state index contributed by atoms with van der Waals surface area (Å²) in [6, 6.07) is 3.26. The monoisotopic (exact) mass is 192 g/mol. The molecule has 0 aliphatic rings. The third-order valence-electron chi connectivity index (χ3n) is 1.44. The van der Waals surface area contributed by atoms with Crippen LogP contribution in [0.3, 0.4) is 0 Å². The highest BCUT2D eigenvalue weighted by molar-refractivity contribution is 5.27. The van der Waals surface area contributed by atoms with Crippen LogP contribution in [0.2, 0.25) is 0 Å². The van der Waals surface area contributed by atoms with Crippen molar-refractivity contribution in [3.8, 4) is 0 Å². The number of nitrogens with zero attached hydrogens (tertiary/aromatic N) is 6. The van der Waals surface area contributed by atoms with Gasteiger partial charge in [-0.2, -0.15) is 9.58 Å². The molecule has 0 atom stereocenters. The van der Waals surface area contributed by atoms with Gasteiger partial charge in [-0.3, -0.25) is 0 Å². The minimum Gasteiger partial charge on any atom is -0.323 e. The first-order valence-electron chi connectivity index (χ1n) is 3.77. The second-order valence-electron chi connectivity index (χ2n) is 2.51. The van der Waals surface area contributed by atoms with Crippen LogP contribution in [0.1, 0.15) is 0 Å². The van der Waals surface area contributed by atoms with Crippen LogP contribution in [0.5, 0.6) is 0 Å². The topological polar surface area (TPSA) is 112 Å². The van der Waals surface area contributed by atoms with Gasteiger partial charge in [0.2, 0.25) is 0 Å². The standard InChI is InChI=1S/C6H8N8/c7-13-3-1-5(11-13)9-10-6-2-4-14(8)12-6/h1-4H,7-8H2. The van der Waals surface area contributed by atoms with Gasteiger partial charge in [0.1, 0.15) is 0 Å². The van der Waals surface area contributed by atoms with Crippen molar-refractivity contribution in [1.29, 1.82) is 0 Å². The lowest BCUT2D eigenvalue weighted by Gasteiger charge is -1.84. The van der Waals surface area contributed by atoms with Crippen molar-refractivity contribution in [2.45, 2.75) is 0 Å². The second-order valence-corrected chi connectivity index (χ2v) is 2.51. The molecule has 72 valence electrons. The van der Waals surface area contributed by atoms with Crippen molar-refractivity contribution < 1.29 is 0 Å². The van der Waals surface area contributed by atoms with Crippen LogP contribution in [-0.4, -0.2) is 19.8 Å². The van der Waals surface area contributed by atoms with Crippen LogP contribution < -0.4 is 11.7 Å². The van der Waals surface area contributed by atoms with E-state index >= 15 is 0 Å². The number of azo groups is 1. The number of nitrogens with two attached hydrogens (primary N) is 2. The van der Waals surface area contributed by atoms with Gasteiger partial charge < -0.3 is 11.7 Å². The van der Waals surface area contributed by atoms with Gasteiger partial charge >= 0.3 is 0 Å². The SMILES string of the molecule is Nn1ccc(N=Nc2ccn(N)n2)n1. The number of nitrogen functional groups attached to an aromatic ring is 2. The first-order valence-corrected chi connectivity index (χ1v) is 3.77. The number of hydrogen-bond donors (Lipinski definition) is 2. The molecule has 2 aromatic rings. The predicted molar refractivity (Wildman–Crippen MR) is 48.9 cm³/mol. The highest BCUT2D eigenvalue weighted by Crippen LogP contribution is 2.12. The second kappa shape index (κ2) is 3.17. The van der Waals surface area contributed by atoms with Crippen LogP contribution in [0.25, 0.3) is 0 Å². The fourth-order valence-electron chi connectivity index (χ4n) is 0.865. The van der Waals surface area contributed by atoms with E-state index in [-0.39, 0.29) is 0 Å². The van der Waals surface area contributed by atoms with E-state index in [4.69, 9.17) is 11.7 Å². The zero-order valence-electron chi connectivity index (χ0n) is 7.15. The van der Waals surface area contributed by atoms with Gasteiger partial charge in [0.05, 0.1) is 12.4 Å². The molecule has 8 nitrogen and oxygen atoms in total. The summed E-state index contributed by atoms with van der Waals surface area (Å²) in [5, 5.41) is 15.2. The normalized spacial score (nSPS) is 11.1. The minimum atomic E-state index is 0.416. The Morgan fingerprint density at radius 1 is 0.929 bits per heavy atom. The van der Waals surface area contributed by atoms with Crippen molar-refractivity contribution in [3.05, 3.63) is 24.5 Å². The summed E-state index contributed by atoms with van der Waals surface area (Å²) in [6.45, 7) is 0. The number of hydrogen-bond acceptors (Lipinski definition) is 6. The minimum absolute atomic E-state index is 0.416. The van der Waals surface area contributed by atoms with E-state index in [0.717, 1.165) is 9.58 Å². The Morgan fingerprint density at radius 3 is 1.64 bits per heavy atom. The molecule has 14 heavy (non-hydrogen) atoms. The predicted octanol–water partition coefficient (Wildman–Crippen LogP) is -0.0774. The van der Waals surface area contributed by atoms with Crippen LogP contribution in [0.4, 0.5) is 11.6 Å². The fraction of sp³-hybridized carbons (Fsp3) is 0. The van der Waals surface area contributed by atoms with E-state index in [1.807, 2.05) is 0 Å². The van der Waals surface area contributed by atoms with E-state index in [1.54, 1.807) is 24.5 Å². The van der Waals surface area contributed by atoms with Gasteiger partial charge in [0, 0.05) is 12.1 Å². The fourth-order valence-corrected chi connectivity index (χ4v) is 0.865. The lowest BCUT2D eigenvalue weighted by atomic mass is 10.6. The highest BCUT2D eigenvalue weighted by atomic mass is 15.5. The van der Waals surface area contributed by atoms with Gasteiger partial charge in [-0.05, 0) is 0 Å². The van der Waals surface area contributed by atoms with E-state index in [1.165, 1.54) is 0 Å². The zero-order valence-corrected chi connectivity index (χ0v) is 7.15. The van der Waals surface area contributed by atoms with Gasteiger partial charge in [-0.1, -0.05) is 0 Å². The molecular weight excluding hydrogens is 184 g/mol. The first-order chi connectivity index (χ1) is 6.74. The van der Waals surface area contributed by atoms with Gasteiger partial charge in [-0.15, -0.1) is 20.4 Å². The molecule has 2 aromatic heterocycles. The summed E-state index contributed by atoms with van der Waals surface area (Å²) >= 11 is 0. The van der Waals surface area contributed by atoms with E-state index in [9.17, 15) is 0 Å². The largest absolute Gasteiger partial charge is 0.323 e. The van der Waals surface area contributed by atoms with Crippen molar-refractivity contribution in [2.24, 2.45) is 10.2 Å². The Bertz CT molecular complexity index is 410. The van der Waals surface area contributed by atoms with Crippen molar-refractivity contribution >= 4 is 11.6 Å². The molecule has 0 unspecified atom stereocenters. The molecule has 8 heteroatoms. The molecule has 0 aliphatic heterocycles. The molecule has 0 aliphatic carbocycles. The lowest BCUT2D eigenvalue weighted by molar-refractivity contribution is 0.819. The summed E-state index contributed by atoms with van der Waals surface area (Å²) in [7, 11) is 0. The third-order valence-corrected chi connectivity index (χ3v) is 1.44. The Kier molecular flexibility index (Phi) is 1.86. The zero-order chi connectivity index (χ0) is 9.97. The molecular formula is C6H8N8. The number of aromatic nitrogens is 4. The first kappa shape index (κ1) is 8.23. The Labute approximate surface area is 78.8 Å². The maximum absolute atomic E-state index is 5.32.